The van der Waals surface area contributed by atoms with Crippen LogP contribution in [0, 0.1) is 5.41 Å². The van der Waals surface area contributed by atoms with Crippen LogP contribution < -0.4 is 5.32 Å². The van der Waals surface area contributed by atoms with Gasteiger partial charge in [-0.2, -0.15) is 0 Å². The minimum Gasteiger partial charge on any atom is -0.478 e. The van der Waals surface area contributed by atoms with Crippen molar-refractivity contribution in [2.24, 2.45) is 5.41 Å². The molecule has 0 aromatic heterocycles. The molecule has 2 unspecified atom stereocenters. The molecule has 1 aromatic carbocycles. The molecule has 0 spiro atoms. The normalized spacial score (nSPS) is 13.3. The van der Waals surface area contributed by atoms with Gasteiger partial charge < -0.3 is 15.2 Å². The zero-order chi connectivity index (χ0) is 30.1. The zero-order valence-corrected chi connectivity index (χ0v) is 26.6. The van der Waals surface area contributed by atoms with Crippen LogP contribution in [-0.2, 0) is 20.7 Å². The number of carboxylic acids is 1. The summed E-state index contributed by atoms with van der Waals surface area (Å²) < 4.78 is 6.18. The van der Waals surface area contributed by atoms with E-state index in [0.717, 1.165) is 12.8 Å². The van der Waals surface area contributed by atoms with E-state index in [0.29, 0.717) is 24.1 Å². The van der Waals surface area contributed by atoms with Crippen molar-refractivity contribution >= 4 is 34.9 Å². The van der Waals surface area contributed by atoms with Crippen LogP contribution in [0.3, 0.4) is 0 Å². The molecule has 0 radical (unpaired) electrons. The number of aromatic carboxylic acids is 1. The smallest absolute Gasteiger partial charge is 0.335 e. The van der Waals surface area contributed by atoms with Gasteiger partial charge in [0, 0.05) is 11.1 Å². The summed E-state index contributed by atoms with van der Waals surface area (Å²) >= 11 is 6.14. The molecule has 0 saturated carbocycles. The number of halogens is 1. The molecule has 2 atom stereocenters. The molecule has 0 fully saturated rings. The van der Waals surface area contributed by atoms with Crippen molar-refractivity contribution in [1.82, 2.24) is 0 Å². The standard InChI is InChI=1S/C33H54ClNO5/c1-7-8-9-10-11-12-13-14-15-16-17-18-27(40-24(2)3)21-19-25-23-26(20-22-28(25)32(38)39)35-31(37)29(34)30(36)33(4,5)6/h20,22-24,27,29H,7-19,21H2,1-6H3,(H,35,37)(H,38,39). The number of amides is 1. The molecule has 0 aliphatic rings. The lowest BCUT2D eigenvalue weighted by Crippen LogP contribution is -2.37. The molecule has 0 bridgehead atoms. The highest BCUT2D eigenvalue weighted by molar-refractivity contribution is 6.43. The number of alkyl halides is 1. The number of ketones is 1. The average molecular weight is 580 g/mol. The Kier molecular flexibility index (Phi) is 17.4. The summed E-state index contributed by atoms with van der Waals surface area (Å²) in [7, 11) is 0. The number of unbranched alkanes of at least 4 members (excludes halogenated alkanes) is 10. The number of anilines is 1. The van der Waals surface area contributed by atoms with Gasteiger partial charge in [-0.25, -0.2) is 4.79 Å². The molecule has 2 N–H and O–H groups in total. The molecule has 40 heavy (non-hydrogen) atoms. The fourth-order valence-corrected chi connectivity index (χ4v) is 5.19. The lowest BCUT2D eigenvalue weighted by molar-refractivity contribution is -0.130. The second-order valence-electron chi connectivity index (χ2n) is 12.3. The Morgan fingerprint density at radius 3 is 1.95 bits per heavy atom. The van der Waals surface area contributed by atoms with Gasteiger partial charge in [0.1, 0.15) is 0 Å². The first-order valence-corrected chi connectivity index (χ1v) is 15.8. The maximum Gasteiger partial charge on any atom is 0.335 e. The Morgan fingerprint density at radius 2 is 1.45 bits per heavy atom. The van der Waals surface area contributed by atoms with E-state index in [9.17, 15) is 19.5 Å². The van der Waals surface area contributed by atoms with E-state index in [2.05, 4.69) is 12.2 Å². The molecule has 228 valence electrons. The highest BCUT2D eigenvalue weighted by Gasteiger charge is 2.33. The second kappa shape index (κ2) is 19.2. The summed E-state index contributed by atoms with van der Waals surface area (Å²) in [6, 6.07) is 4.69. The van der Waals surface area contributed by atoms with E-state index in [4.69, 9.17) is 16.3 Å². The number of nitrogens with one attached hydrogen (secondary N) is 1. The lowest BCUT2D eigenvalue weighted by atomic mass is 9.88. The van der Waals surface area contributed by atoms with Crippen LogP contribution in [0.15, 0.2) is 18.2 Å². The maximum absolute atomic E-state index is 12.6. The van der Waals surface area contributed by atoms with Crippen LogP contribution in [-0.4, -0.2) is 40.4 Å². The number of benzene rings is 1. The number of hydrogen-bond donors (Lipinski definition) is 2. The molecular weight excluding hydrogens is 526 g/mol. The topological polar surface area (TPSA) is 92.7 Å². The van der Waals surface area contributed by atoms with Gasteiger partial charge in [-0.05, 0) is 56.9 Å². The minimum absolute atomic E-state index is 0.0371. The van der Waals surface area contributed by atoms with Crippen molar-refractivity contribution in [3.63, 3.8) is 0 Å². The number of carbonyl (C=O) groups is 3. The Morgan fingerprint density at radius 1 is 0.900 bits per heavy atom. The zero-order valence-electron chi connectivity index (χ0n) is 25.8. The van der Waals surface area contributed by atoms with Crippen molar-refractivity contribution < 1.29 is 24.2 Å². The molecule has 6 nitrogen and oxygen atoms in total. The van der Waals surface area contributed by atoms with Crippen molar-refractivity contribution in [2.75, 3.05) is 5.32 Å². The summed E-state index contributed by atoms with van der Waals surface area (Å²) in [5, 5.41) is 11.1. The molecular formula is C33H54ClNO5. The fraction of sp³-hybridized carbons (Fsp3) is 0.727. The average Bonchev–Trinajstić information content (AvgIpc) is 2.88. The summed E-state index contributed by atoms with van der Waals surface area (Å²) in [5.41, 5.74) is 0.490. The van der Waals surface area contributed by atoms with Crippen molar-refractivity contribution in [2.45, 2.75) is 149 Å². The lowest BCUT2D eigenvalue weighted by Gasteiger charge is -2.22. The molecule has 7 heteroatoms. The van der Waals surface area contributed by atoms with E-state index in [1.165, 1.54) is 76.3 Å². The third-order valence-electron chi connectivity index (χ3n) is 7.13. The Labute approximate surface area is 248 Å². The summed E-state index contributed by atoms with van der Waals surface area (Å²) in [5.74, 6) is -2.00. The number of ether oxygens (including phenoxy) is 1. The fourth-order valence-electron chi connectivity index (χ4n) is 4.81. The van der Waals surface area contributed by atoms with Gasteiger partial charge in [-0.15, -0.1) is 11.6 Å². The first kappa shape index (κ1) is 36.1. The van der Waals surface area contributed by atoms with Gasteiger partial charge in [0.2, 0.25) is 5.91 Å². The summed E-state index contributed by atoms with van der Waals surface area (Å²) in [6.45, 7) is 11.4. The second-order valence-corrected chi connectivity index (χ2v) is 12.7. The maximum atomic E-state index is 12.6. The van der Waals surface area contributed by atoms with Gasteiger partial charge in [-0.3, -0.25) is 9.59 Å². The number of carbonyl (C=O) groups excluding carboxylic acids is 2. The van der Waals surface area contributed by atoms with E-state index in [1.54, 1.807) is 26.8 Å². The number of Topliss-reactive ketones (excluding diaryl/α,β-unsaturated/α-hetero) is 1. The van der Waals surface area contributed by atoms with Crippen LogP contribution in [0.4, 0.5) is 5.69 Å². The Balaban J connectivity index is 2.67. The molecule has 0 heterocycles. The van der Waals surface area contributed by atoms with Crippen LogP contribution in [0.5, 0.6) is 0 Å². The molecule has 1 rings (SSSR count). The van der Waals surface area contributed by atoms with E-state index in [1.807, 2.05) is 13.8 Å². The first-order valence-electron chi connectivity index (χ1n) is 15.4. The van der Waals surface area contributed by atoms with Gasteiger partial charge >= 0.3 is 5.97 Å². The number of hydrogen-bond acceptors (Lipinski definition) is 4. The highest BCUT2D eigenvalue weighted by Crippen LogP contribution is 2.24. The highest BCUT2D eigenvalue weighted by atomic mass is 35.5. The Hall–Kier alpha value is -1.92. The number of rotatable bonds is 21. The predicted octanol–water partition coefficient (Wildman–Crippen LogP) is 8.97. The van der Waals surface area contributed by atoms with E-state index < -0.39 is 22.7 Å². The van der Waals surface area contributed by atoms with Crippen molar-refractivity contribution in [3.8, 4) is 0 Å². The Bertz CT molecular complexity index is 909. The third kappa shape index (κ3) is 14.6. The van der Waals surface area contributed by atoms with Crippen LogP contribution >= 0.6 is 11.6 Å². The molecule has 0 aliphatic carbocycles. The van der Waals surface area contributed by atoms with Gasteiger partial charge in [0.05, 0.1) is 17.8 Å². The quantitative estimate of drug-likeness (QED) is 0.0861. The predicted molar refractivity (Wildman–Crippen MR) is 166 cm³/mol. The van der Waals surface area contributed by atoms with Crippen molar-refractivity contribution in [3.05, 3.63) is 29.3 Å². The molecule has 1 amide bonds. The summed E-state index contributed by atoms with van der Waals surface area (Å²) in [6.07, 6.45) is 16.5. The third-order valence-corrected chi connectivity index (χ3v) is 7.53. The first-order chi connectivity index (χ1) is 18.9. The number of aryl methyl sites for hydroxylation is 1. The number of carboxylic acid groups (broad SMARTS) is 1. The van der Waals surface area contributed by atoms with Crippen molar-refractivity contribution in [1.29, 1.82) is 0 Å². The van der Waals surface area contributed by atoms with E-state index >= 15 is 0 Å². The monoisotopic (exact) mass is 579 g/mol. The largest absolute Gasteiger partial charge is 0.478 e. The molecule has 0 saturated heterocycles. The van der Waals surface area contributed by atoms with Gasteiger partial charge in [-0.1, -0.05) is 98.3 Å². The molecule has 1 aromatic rings. The van der Waals surface area contributed by atoms with Crippen LogP contribution in [0.25, 0.3) is 0 Å². The minimum atomic E-state index is -1.32. The SMILES string of the molecule is CCCCCCCCCCCCCC(CCc1cc(NC(=O)C(Cl)C(=O)C(C)(C)C)ccc1C(=O)O)OC(C)C. The van der Waals surface area contributed by atoms with E-state index in [-0.39, 0.29) is 23.6 Å². The van der Waals surface area contributed by atoms with Crippen LogP contribution in [0.2, 0.25) is 0 Å². The van der Waals surface area contributed by atoms with Gasteiger partial charge in [0.25, 0.3) is 0 Å². The molecule has 0 aliphatic heterocycles. The summed E-state index contributed by atoms with van der Waals surface area (Å²) in [4.78, 5) is 36.9. The van der Waals surface area contributed by atoms with Gasteiger partial charge in [0.15, 0.2) is 11.2 Å². The van der Waals surface area contributed by atoms with Crippen LogP contribution in [0.1, 0.15) is 141 Å².